The molecule has 17 heavy (non-hydrogen) atoms. The molecule has 0 aliphatic carbocycles. The van der Waals surface area contributed by atoms with E-state index in [0.29, 0.717) is 24.5 Å². The molecule has 0 aliphatic rings. The number of nitrogens with zero attached hydrogens (tertiary/aromatic N) is 1. The van der Waals surface area contributed by atoms with Crippen molar-refractivity contribution < 1.29 is 14.3 Å². The van der Waals surface area contributed by atoms with Crippen LogP contribution in [0.5, 0.6) is 0 Å². The Kier molecular flexibility index (Phi) is 6.03. The maximum Gasteiger partial charge on any atom is 0.339 e. The van der Waals surface area contributed by atoms with Gasteiger partial charge in [0, 0.05) is 19.0 Å². The number of hydrogen-bond acceptors (Lipinski definition) is 5. The molecular weight excluding hydrogens is 220 g/mol. The van der Waals surface area contributed by atoms with Gasteiger partial charge in [-0.1, -0.05) is 13.3 Å². The van der Waals surface area contributed by atoms with Gasteiger partial charge in [-0.2, -0.15) is 0 Å². The predicted octanol–water partition coefficient (Wildman–Crippen LogP) is 1.64. The van der Waals surface area contributed by atoms with Crippen molar-refractivity contribution in [2.45, 2.75) is 19.8 Å². The van der Waals surface area contributed by atoms with E-state index in [0.717, 1.165) is 12.8 Å². The summed E-state index contributed by atoms with van der Waals surface area (Å²) in [6.45, 7) is 3.46. The summed E-state index contributed by atoms with van der Waals surface area (Å²) in [5, 5.41) is 0. The van der Waals surface area contributed by atoms with E-state index in [-0.39, 0.29) is 6.61 Å². The van der Waals surface area contributed by atoms with E-state index in [1.807, 2.05) is 0 Å². The molecular formula is C12H18N2O3. The second-order valence-corrected chi connectivity index (χ2v) is 3.61. The standard InChI is InChI=1S/C12H18N2O3/c1-2-3-4-16-5-6-17-12(15)10-7-11(13)9-14-8-10/h7-9H,2-6,13H2,1H3. The first kappa shape index (κ1) is 13.4. The lowest BCUT2D eigenvalue weighted by atomic mass is 10.3. The van der Waals surface area contributed by atoms with Crippen molar-refractivity contribution >= 4 is 11.7 Å². The lowest BCUT2D eigenvalue weighted by Crippen LogP contribution is -2.11. The van der Waals surface area contributed by atoms with Gasteiger partial charge in [0.05, 0.1) is 17.9 Å². The van der Waals surface area contributed by atoms with Gasteiger partial charge in [0.2, 0.25) is 0 Å². The number of pyridine rings is 1. The highest BCUT2D eigenvalue weighted by Gasteiger charge is 2.07. The smallest absolute Gasteiger partial charge is 0.339 e. The number of nitrogens with two attached hydrogens (primary N) is 1. The van der Waals surface area contributed by atoms with E-state index in [1.165, 1.54) is 18.5 Å². The molecule has 1 aromatic rings. The van der Waals surface area contributed by atoms with Gasteiger partial charge in [0.1, 0.15) is 6.61 Å². The number of carbonyl (C=O) groups is 1. The van der Waals surface area contributed by atoms with E-state index < -0.39 is 5.97 Å². The molecule has 0 aromatic carbocycles. The number of nitrogen functional groups attached to an aromatic ring is 1. The van der Waals surface area contributed by atoms with Crippen molar-refractivity contribution in [3.05, 3.63) is 24.0 Å². The minimum Gasteiger partial charge on any atom is -0.460 e. The highest BCUT2D eigenvalue weighted by Crippen LogP contribution is 2.05. The van der Waals surface area contributed by atoms with Gasteiger partial charge in [0.15, 0.2) is 0 Å². The van der Waals surface area contributed by atoms with Gasteiger partial charge in [-0.05, 0) is 12.5 Å². The Bertz CT molecular complexity index is 355. The Morgan fingerprint density at radius 1 is 1.35 bits per heavy atom. The molecule has 0 radical (unpaired) electrons. The summed E-state index contributed by atoms with van der Waals surface area (Å²) in [7, 11) is 0. The molecule has 0 saturated heterocycles. The van der Waals surface area contributed by atoms with E-state index in [4.69, 9.17) is 15.2 Å². The van der Waals surface area contributed by atoms with Crippen LogP contribution in [-0.4, -0.2) is 30.8 Å². The Balaban J connectivity index is 2.21. The SMILES string of the molecule is CCCCOCCOC(=O)c1cncc(N)c1. The summed E-state index contributed by atoms with van der Waals surface area (Å²) in [5.74, 6) is -0.427. The molecule has 0 bridgehead atoms. The van der Waals surface area contributed by atoms with Gasteiger partial charge in [-0.25, -0.2) is 4.79 Å². The third-order valence-electron chi connectivity index (χ3n) is 2.10. The quantitative estimate of drug-likeness (QED) is 0.577. The van der Waals surface area contributed by atoms with Crippen LogP contribution in [0.25, 0.3) is 0 Å². The normalized spacial score (nSPS) is 10.2. The number of aromatic nitrogens is 1. The molecule has 5 heteroatoms. The zero-order valence-electron chi connectivity index (χ0n) is 10.0. The van der Waals surface area contributed by atoms with Crippen LogP contribution < -0.4 is 5.73 Å². The fraction of sp³-hybridized carbons (Fsp3) is 0.500. The largest absolute Gasteiger partial charge is 0.460 e. The number of rotatable bonds is 7. The minimum atomic E-state index is -0.427. The molecule has 1 heterocycles. The molecule has 1 rings (SSSR count). The van der Waals surface area contributed by atoms with Crippen LogP contribution in [0.3, 0.4) is 0 Å². The molecule has 0 aliphatic heterocycles. The van der Waals surface area contributed by atoms with Crippen molar-refractivity contribution in [1.29, 1.82) is 0 Å². The summed E-state index contributed by atoms with van der Waals surface area (Å²) < 4.78 is 10.3. The van der Waals surface area contributed by atoms with Crippen molar-refractivity contribution in [3.63, 3.8) is 0 Å². The van der Waals surface area contributed by atoms with Gasteiger partial charge in [-0.3, -0.25) is 4.98 Å². The number of ether oxygens (including phenoxy) is 2. The maximum absolute atomic E-state index is 11.5. The highest BCUT2D eigenvalue weighted by molar-refractivity contribution is 5.89. The zero-order valence-corrected chi connectivity index (χ0v) is 10.0. The zero-order chi connectivity index (χ0) is 12.5. The molecule has 0 spiro atoms. The van der Waals surface area contributed by atoms with Crippen LogP contribution in [-0.2, 0) is 9.47 Å². The second kappa shape index (κ2) is 7.62. The van der Waals surface area contributed by atoms with E-state index in [9.17, 15) is 4.79 Å². The monoisotopic (exact) mass is 238 g/mol. The number of unbranched alkanes of at least 4 members (excludes halogenated alkanes) is 1. The van der Waals surface area contributed by atoms with Crippen LogP contribution in [0, 0.1) is 0 Å². The minimum absolute atomic E-state index is 0.247. The van der Waals surface area contributed by atoms with Gasteiger partial charge >= 0.3 is 5.97 Å². The second-order valence-electron chi connectivity index (χ2n) is 3.61. The van der Waals surface area contributed by atoms with Crippen molar-refractivity contribution in [3.8, 4) is 0 Å². The lowest BCUT2D eigenvalue weighted by molar-refractivity contribution is 0.0313. The Morgan fingerprint density at radius 3 is 2.88 bits per heavy atom. The summed E-state index contributed by atoms with van der Waals surface area (Å²) in [6.07, 6.45) is 5.02. The third kappa shape index (κ3) is 5.31. The van der Waals surface area contributed by atoms with Crippen molar-refractivity contribution in [2.75, 3.05) is 25.6 Å². The first-order valence-corrected chi connectivity index (χ1v) is 5.69. The van der Waals surface area contributed by atoms with Crippen LogP contribution in [0.2, 0.25) is 0 Å². The molecule has 0 saturated carbocycles. The van der Waals surface area contributed by atoms with Crippen LogP contribution in [0.1, 0.15) is 30.1 Å². The summed E-state index contributed by atoms with van der Waals surface area (Å²) in [5.41, 5.74) is 6.31. The molecule has 2 N–H and O–H groups in total. The fourth-order valence-corrected chi connectivity index (χ4v) is 1.19. The molecule has 0 amide bonds. The molecule has 0 fully saturated rings. The third-order valence-corrected chi connectivity index (χ3v) is 2.10. The van der Waals surface area contributed by atoms with Gasteiger partial charge in [0.25, 0.3) is 0 Å². The Hall–Kier alpha value is -1.62. The Labute approximate surface area is 101 Å². The predicted molar refractivity (Wildman–Crippen MR) is 64.7 cm³/mol. The fourth-order valence-electron chi connectivity index (χ4n) is 1.19. The van der Waals surface area contributed by atoms with Crippen LogP contribution >= 0.6 is 0 Å². The number of esters is 1. The lowest BCUT2D eigenvalue weighted by Gasteiger charge is -2.05. The number of anilines is 1. The summed E-state index contributed by atoms with van der Waals surface area (Å²) in [4.78, 5) is 15.3. The first-order chi connectivity index (χ1) is 8.24. The molecule has 0 atom stereocenters. The maximum atomic E-state index is 11.5. The number of carbonyl (C=O) groups excluding carboxylic acids is 1. The van der Waals surface area contributed by atoms with Gasteiger partial charge in [-0.15, -0.1) is 0 Å². The average molecular weight is 238 g/mol. The summed E-state index contributed by atoms with van der Waals surface area (Å²) >= 11 is 0. The van der Waals surface area contributed by atoms with Gasteiger partial charge < -0.3 is 15.2 Å². The van der Waals surface area contributed by atoms with E-state index in [1.54, 1.807) is 0 Å². The first-order valence-electron chi connectivity index (χ1n) is 5.69. The topological polar surface area (TPSA) is 74.4 Å². The number of hydrogen-bond donors (Lipinski definition) is 1. The van der Waals surface area contributed by atoms with Crippen molar-refractivity contribution in [1.82, 2.24) is 4.98 Å². The molecule has 5 nitrogen and oxygen atoms in total. The molecule has 0 unspecified atom stereocenters. The average Bonchev–Trinajstić information content (AvgIpc) is 2.33. The Morgan fingerprint density at radius 2 is 2.18 bits per heavy atom. The van der Waals surface area contributed by atoms with E-state index in [2.05, 4.69) is 11.9 Å². The van der Waals surface area contributed by atoms with E-state index >= 15 is 0 Å². The van der Waals surface area contributed by atoms with Crippen LogP contribution in [0.15, 0.2) is 18.5 Å². The van der Waals surface area contributed by atoms with Crippen LogP contribution in [0.4, 0.5) is 5.69 Å². The highest BCUT2D eigenvalue weighted by atomic mass is 16.6. The molecule has 1 aromatic heterocycles. The summed E-state index contributed by atoms with van der Waals surface area (Å²) in [6, 6.07) is 1.53. The molecule has 94 valence electrons. The van der Waals surface area contributed by atoms with Crippen molar-refractivity contribution in [2.24, 2.45) is 0 Å².